The Labute approximate surface area is 105 Å². The first-order chi connectivity index (χ1) is 8.16. The average molecular weight is 283 g/mol. The van der Waals surface area contributed by atoms with Gasteiger partial charge in [0, 0.05) is 0 Å². The number of hydrogen-bond donors (Lipinski definition) is 0. The SMILES string of the molecule is CC1CCCC(S(=O)(=O)CC(C#N)C(F)(F)F)C1. The highest BCUT2D eigenvalue weighted by Crippen LogP contribution is 2.32. The molecule has 0 spiro atoms. The van der Waals surface area contributed by atoms with E-state index in [0.29, 0.717) is 19.3 Å². The summed E-state index contributed by atoms with van der Waals surface area (Å²) >= 11 is 0. The zero-order valence-electron chi connectivity index (χ0n) is 10.1. The second-order valence-electron chi connectivity index (χ2n) is 4.95. The number of hydrogen-bond acceptors (Lipinski definition) is 3. The average Bonchev–Trinajstić information content (AvgIpc) is 2.24. The van der Waals surface area contributed by atoms with Crippen LogP contribution in [0.25, 0.3) is 0 Å². The van der Waals surface area contributed by atoms with E-state index in [-0.39, 0.29) is 5.92 Å². The quantitative estimate of drug-likeness (QED) is 0.800. The minimum Gasteiger partial charge on any atom is -0.228 e. The minimum absolute atomic E-state index is 0.213. The standard InChI is InChI=1S/C11H16F3NO2S/c1-8-3-2-4-10(5-8)18(16,17)7-9(6-15)11(12,13)14/h8-10H,2-5,7H2,1H3. The number of nitrogens with zero attached hydrogens (tertiary/aromatic N) is 1. The van der Waals surface area contributed by atoms with Gasteiger partial charge in [-0.2, -0.15) is 18.4 Å². The Balaban J connectivity index is 2.78. The molecule has 1 fully saturated rings. The zero-order chi connectivity index (χ0) is 14.0. The van der Waals surface area contributed by atoms with Crippen LogP contribution < -0.4 is 0 Å². The van der Waals surface area contributed by atoms with Crippen molar-refractivity contribution in [3.8, 4) is 6.07 Å². The lowest BCUT2D eigenvalue weighted by Crippen LogP contribution is -2.36. The van der Waals surface area contributed by atoms with Crippen LogP contribution in [0.3, 0.4) is 0 Å². The third-order valence-electron chi connectivity index (χ3n) is 3.35. The molecule has 1 rings (SSSR count). The molecule has 0 radical (unpaired) electrons. The smallest absolute Gasteiger partial charge is 0.228 e. The molecule has 3 atom stereocenters. The van der Waals surface area contributed by atoms with Crippen LogP contribution in [0.5, 0.6) is 0 Å². The van der Waals surface area contributed by atoms with Crippen LogP contribution in [0.2, 0.25) is 0 Å². The van der Waals surface area contributed by atoms with Gasteiger partial charge < -0.3 is 0 Å². The van der Waals surface area contributed by atoms with Crippen molar-refractivity contribution in [3.63, 3.8) is 0 Å². The first-order valence-corrected chi connectivity index (χ1v) is 7.56. The van der Waals surface area contributed by atoms with Crippen LogP contribution in [0, 0.1) is 23.2 Å². The first-order valence-electron chi connectivity index (χ1n) is 5.84. The maximum atomic E-state index is 12.4. The third kappa shape index (κ3) is 3.87. The summed E-state index contributed by atoms with van der Waals surface area (Å²) in [6, 6.07) is 1.04. The largest absolute Gasteiger partial charge is 0.405 e. The monoisotopic (exact) mass is 283 g/mol. The normalized spacial score (nSPS) is 27.5. The molecule has 3 nitrogen and oxygen atoms in total. The molecule has 1 saturated carbocycles. The van der Waals surface area contributed by atoms with E-state index in [9.17, 15) is 21.6 Å². The van der Waals surface area contributed by atoms with Gasteiger partial charge in [-0.15, -0.1) is 0 Å². The Morgan fingerprint density at radius 2 is 2.00 bits per heavy atom. The van der Waals surface area contributed by atoms with Crippen LogP contribution in [-0.2, 0) is 9.84 Å². The van der Waals surface area contributed by atoms with Gasteiger partial charge in [-0.1, -0.05) is 19.8 Å². The molecule has 0 bridgehead atoms. The molecule has 18 heavy (non-hydrogen) atoms. The summed E-state index contributed by atoms with van der Waals surface area (Å²) in [4.78, 5) is 0. The lowest BCUT2D eigenvalue weighted by molar-refractivity contribution is -0.153. The van der Waals surface area contributed by atoms with E-state index in [1.807, 2.05) is 6.92 Å². The minimum atomic E-state index is -4.78. The molecule has 0 aromatic rings. The fraction of sp³-hybridized carbons (Fsp3) is 0.909. The molecule has 0 aliphatic heterocycles. The van der Waals surface area contributed by atoms with Crippen LogP contribution >= 0.6 is 0 Å². The summed E-state index contributed by atoms with van der Waals surface area (Å²) in [5, 5.41) is 7.72. The molecule has 0 aromatic heterocycles. The van der Waals surface area contributed by atoms with Gasteiger partial charge in [-0.05, 0) is 18.8 Å². The van der Waals surface area contributed by atoms with Gasteiger partial charge in [-0.25, -0.2) is 8.42 Å². The number of sulfone groups is 1. The lowest BCUT2D eigenvalue weighted by Gasteiger charge is -2.27. The van der Waals surface area contributed by atoms with Crippen molar-refractivity contribution in [1.29, 1.82) is 5.26 Å². The molecule has 0 heterocycles. The predicted octanol–water partition coefficient (Wildman–Crippen LogP) is 2.68. The summed E-state index contributed by atoms with van der Waals surface area (Å²) < 4.78 is 61.0. The maximum absolute atomic E-state index is 12.4. The molecule has 0 saturated heterocycles. The van der Waals surface area contributed by atoms with Crippen molar-refractivity contribution in [2.24, 2.45) is 11.8 Å². The molecule has 1 aliphatic rings. The van der Waals surface area contributed by atoms with E-state index in [2.05, 4.69) is 0 Å². The Hall–Kier alpha value is -0.770. The molecule has 0 amide bonds. The van der Waals surface area contributed by atoms with Gasteiger partial charge in [0.05, 0.1) is 17.1 Å². The van der Waals surface area contributed by atoms with E-state index in [0.717, 1.165) is 12.5 Å². The summed E-state index contributed by atoms with van der Waals surface area (Å²) in [6.07, 6.45) is -2.34. The second kappa shape index (κ2) is 5.47. The lowest BCUT2D eigenvalue weighted by atomic mass is 9.91. The molecular weight excluding hydrogens is 267 g/mol. The van der Waals surface area contributed by atoms with E-state index < -0.39 is 32.9 Å². The Morgan fingerprint density at radius 1 is 1.39 bits per heavy atom. The topological polar surface area (TPSA) is 57.9 Å². The molecule has 104 valence electrons. The van der Waals surface area contributed by atoms with E-state index in [1.165, 1.54) is 0 Å². The predicted molar refractivity (Wildman–Crippen MR) is 60.4 cm³/mol. The summed E-state index contributed by atoms with van der Waals surface area (Å²) in [7, 11) is -3.85. The third-order valence-corrected chi connectivity index (χ3v) is 5.59. The highest BCUT2D eigenvalue weighted by Gasteiger charge is 2.44. The van der Waals surface area contributed by atoms with Gasteiger partial charge in [-0.3, -0.25) is 0 Å². The van der Waals surface area contributed by atoms with E-state index in [1.54, 1.807) is 0 Å². The van der Waals surface area contributed by atoms with Crippen molar-refractivity contribution in [2.45, 2.75) is 44.0 Å². The van der Waals surface area contributed by atoms with Gasteiger partial charge in [0.15, 0.2) is 15.8 Å². The van der Waals surface area contributed by atoms with Gasteiger partial charge in [0.1, 0.15) is 0 Å². The van der Waals surface area contributed by atoms with Gasteiger partial charge in [0.25, 0.3) is 0 Å². The summed E-state index contributed by atoms with van der Waals surface area (Å²) in [5.74, 6) is -3.31. The van der Waals surface area contributed by atoms with Crippen molar-refractivity contribution in [1.82, 2.24) is 0 Å². The Morgan fingerprint density at radius 3 is 2.44 bits per heavy atom. The number of halogens is 3. The van der Waals surface area contributed by atoms with E-state index in [4.69, 9.17) is 5.26 Å². The van der Waals surface area contributed by atoms with Crippen molar-refractivity contribution < 1.29 is 21.6 Å². The van der Waals surface area contributed by atoms with Crippen molar-refractivity contribution >= 4 is 9.84 Å². The van der Waals surface area contributed by atoms with Crippen LogP contribution in [0.4, 0.5) is 13.2 Å². The summed E-state index contributed by atoms with van der Waals surface area (Å²) in [5.41, 5.74) is 0. The number of alkyl halides is 3. The highest BCUT2D eigenvalue weighted by atomic mass is 32.2. The Bertz CT molecular complexity index is 425. The molecule has 0 N–H and O–H groups in total. The molecule has 1 aliphatic carbocycles. The summed E-state index contributed by atoms with van der Waals surface area (Å²) in [6.45, 7) is 1.90. The van der Waals surface area contributed by atoms with E-state index >= 15 is 0 Å². The van der Waals surface area contributed by atoms with Crippen LogP contribution in [0.15, 0.2) is 0 Å². The zero-order valence-corrected chi connectivity index (χ0v) is 10.9. The van der Waals surface area contributed by atoms with Crippen molar-refractivity contribution in [2.75, 3.05) is 5.75 Å². The first kappa shape index (κ1) is 15.3. The molecule has 3 unspecified atom stereocenters. The van der Waals surface area contributed by atoms with Gasteiger partial charge >= 0.3 is 6.18 Å². The molecule has 0 aromatic carbocycles. The number of rotatable bonds is 3. The second-order valence-corrected chi connectivity index (χ2v) is 7.27. The van der Waals surface area contributed by atoms with Crippen LogP contribution in [0.1, 0.15) is 32.6 Å². The number of nitriles is 1. The van der Waals surface area contributed by atoms with Crippen molar-refractivity contribution in [3.05, 3.63) is 0 Å². The fourth-order valence-corrected chi connectivity index (χ4v) is 4.43. The maximum Gasteiger partial charge on any atom is 0.405 e. The fourth-order valence-electron chi connectivity index (χ4n) is 2.28. The molecular formula is C11H16F3NO2S. The van der Waals surface area contributed by atoms with Gasteiger partial charge in [0.2, 0.25) is 0 Å². The Kier molecular flexibility index (Phi) is 4.65. The molecule has 7 heteroatoms. The van der Waals surface area contributed by atoms with Crippen LogP contribution in [-0.4, -0.2) is 25.6 Å². The highest BCUT2D eigenvalue weighted by molar-refractivity contribution is 7.92.